The third-order valence-corrected chi connectivity index (χ3v) is 5.40. The number of fused-ring (bicyclic) bond motifs is 2. The fourth-order valence-corrected chi connectivity index (χ4v) is 3.71. The molecule has 0 N–H and O–H groups in total. The standard InChI is InChI=1S/C20H17F2N5/c21-16-5-4-14-13(9-23-10-15(14)18(16)22)11-27-17(8-12-2-1-3-12)26-19-20(27)25-7-6-24-19/h4-7,9-10,12H,1-3,8,11H2. The van der Waals surface area contributed by atoms with Crippen LogP contribution >= 0.6 is 0 Å². The summed E-state index contributed by atoms with van der Waals surface area (Å²) < 4.78 is 29.8. The Morgan fingerprint density at radius 3 is 2.70 bits per heavy atom. The van der Waals surface area contributed by atoms with E-state index >= 15 is 0 Å². The van der Waals surface area contributed by atoms with Gasteiger partial charge in [0.15, 0.2) is 22.9 Å². The monoisotopic (exact) mass is 365 g/mol. The molecule has 0 bridgehead atoms. The second-order valence-electron chi connectivity index (χ2n) is 7.07. The van der Waals surface area contributed by atoms with E-state index in [0.717, 1.165) is 23.9 Å². The molecule has 0 spiro atoms. The number of imidazole rings is 1. The van der Waals surface area contributed by atoms with Crippen molar-refractivity contribution in [2.24, 2.45) is 5.92 Å². The average Bonchev–Trinajstić information content (AvgIpc) is 2.99. The zero-order valence-corrected chi connectivity index (χ0v) is 14.6. The molecule has 1 fully saturated rings. The van der Waals surface area contributed by atoms with Crippen LogP contribution in [-0.2, 0) is 13.0 Å². The van der Waals surface area contributed by atoms with Crippen molar-refractivity contribution in [3.05, 3.63) is 59.9 Å². The van der Waals surface area contributed by atoms with Crippen LogP contribution in [0.25, 0.3) is 22.1 Å². The van der Waals surface area contributed by atoms with Crippen LogP contribution in [0.3, 0.4) is 0 Å². The molecule has 0 radical (unpaired) electrons. The van der Waals surface area contributed by atoms with Gasteiger partial charge in [0, 0.05) is 36.6 Å². The van der Waals surface area contributed by atoms with Crippen LogP contribution in [0, 0.1) is 17.6 Å². The largest absolute Gasteiger partial charge is 0.307 e. The molecule has 0 unspecified atom stereocenters. The molecule has 0 aliphatic heterocycles. The van der Waals surface area contributed by atoms with Gasteiger partial charge in [-0.25, -0.2) is 23.7 Å². The van der Waals surface area contributed by atoms with Crippen molar-refractivity contribution >= 4 is 22.1 Å². The number of halogens is 2. The van der Waals surface area contributed by atoms with Crippen molar-refractivity contribution in [3.8, 4) is 0 Å². The van der Waals surface area contributed by atoms with Crippen LogP contribution in [0.15, 0.2) is 36.9 Å². The highest BCUT2D eigenvalue weighted by Crippen LogP contribution is 2.31. The van der Waals surface area contributed by atoms with Crippen LogP contribution in [0.2, 0.25) is 0 Å². The van der Waals surface area contributed by atoms with Crippen molar-refractivity contribution in [2.75, 3.05) is 0 Å². The van der Waals surface area contributed by atoms with Crippen molar-refractivity contribution in [2.45, 2.75) is 32.2 Å². The normalized spacial score (nSPS) is 14.7. The Morgan fingerprint density at radius 1 is 1.04 bits per heavy atom. The van der Waals surface area contributed by atoms with Gasteiger partial charge in [0.25, 0.3) is 0 Å². The third kappa shape index (κ3) is 2.74. The minimum absolute atomic E-state index is 0.184. The van der Waals surface area contributed by atoms with Gasteiger partial charge in [-0.1, -0.05) is 25.3 Å². The quantitative estimate of drug-likeness (QED) is 0.548. The molecule has 3 aromatic heterocycles. The predicted molar refractivity (Wildman–Crippen MR) is 97.1 cm³/mol. The highest BCUT2D eigenvalue weighted by atomic mass is 19.2. The van der Waals surface area contributed by atoms with Gasteiger partial charge in [-0.2, -0.15) is 0 Å². The van der Waals surface area contributed by atoms with E-state index in [1.54, 1.807) is 24.7 Å². The molecule has 1 aromatic carbocycles. The Kier molecular flexibility index (Phi) is 3.81. The lowest BCUT2D eigenvalue weighted by Gasteiger charge is -2.25. The maximum absolute atomic E-state index is 14.2. The first-order chi connectivity index (χ1) is 13.2. The lowest BCUT2D eigenvalue weighted by Crippen LogP contribution is -2.17. The fraction of sp³-hybridized carbons (Fsp3) is 0.300. The Hall–Kier alpha value is -2.96. The van der Waals surface area contributed by atoms with Gasteiger partial charge in [-0.05, 0) is 22.9 Å². The number of benzene rings is 1. The smallest absolute Gasteiger partial charge is 0.197 e. The van der Waals surface area contributed by atoms with Gasteiger partial charge in [0.2, 0.25) is 0 Å². The summed E-state index contributed by atoms with van der Waals surface area (Å²) in [4.78, 5) is 17.6. The lowest BCUT2D eigenvalue weighted by atomic mass is 9.83. The topological polar surface area (TPSA) is 56.5 Å². The SMILES string of the molecule is Fc1ccc2c(Cn3c(CC4CCC4)nc4nccnc43)cncc2c1F. The van der Waals surface area contributed by atoms with Crippen molar-refractivity contribution in [1.29, 1.82) is 0 Å². The van der Waals surface area contributed by atoms with E-state index in [4.69, 9.17) is 0 Å². The molecule has 0 amide bonds. The van der Waals surface area contributed by atoms with E-state index in [1.807, 2.05) is 4.57 Å². The summed E-state index contributed by atoms with van der Waals surface area (Å²) in [5.41, 5.74) is 2.11. The van der Waals surface area contributed by atoms with Gasteiger partial charge >= 0.3 is 0 Å². The minimum Gasteiger partial charge on any atom is -0.307 e. The molecular weight excluding hydrogens is 348 g/mol. The molecule has 136 valence electrons. The van der Waals surface area contributed by atoms with Crippen LogP contribution in [0.4, 0.5) is 8.78 Å². The highest BCUT2D eigenvalue weighted by molar-refractivity contribution is 5.85. The molecule has 7 heteroatoms. The summed E-state index contributed by atoms with van der Waals surface area (Å²) in [6.07, 6.45) is 10.9. The van der Waals surface area contributed by atoms with E-state index in [1.165, 1.54) is 25.5 Å². The zero-order chi connectivity index (χ0) is 18.4. The Bertz CT molecular complexity index is 1150. The van der Waals surface area contributed by atoms with Gasteiger partial charge < -0.3 is 4.57 Å². The summed E-state index contributed by atoms with van der Waals surface area (Å²) in [5.74, 6) is -0.170. The maximum Gasteiger partial charge on any atom is 0.197 e. The molecule has 27 heavy (non-hydrogen) atoms. The maximum atomic E-state index is 14.2. The number of pyridine rings is 1. The van der Waals surface area contributed by atoms with E-state index in [-0.39, 0.29) is 5.39 Å². The van der Waals surface area contributed by atoms with Crippen LogP contribution in [0.5, 0.6) is 0 Å². The molecule has 1 aliphatic rings. The number of hydrogen-bond acceptors (Lipinski definition) is 4. The summed E-state index contributed by atoms with van der Waals surface area (Å²) in [5, 5.41) is 0.827. The molecule has 5 rings (SSSR count). The van der Waals surface area contributed by atoms with E-state index in [2.05, 4.69) is 19.9 Å². The van der Waals surface area contributed by atoms with Crippen molar-refractivity contribution in [1.82, 2.24) is 24.5 Å². The van der Waals surface area contributed by atoms with Crippen molar-refractivity contribution < 1.29 is 8.78 Å². The van der Waals surface area contributed by atoms with Gasteiger partial charge in [-0.3, -0.25) is 4.98 Å². The summed E-state index contributed by atoms with van der Waals surface area (Å²) >= 11 is 0. The average molecular weight is 365 g/mol. The molecule has 0 saturated heterocycles. The summed E-state index contributed by atoms with van der Waals surface area (Å²) in [6.45, 7) is 0.437. The zero-order valence-electron chi connectivity index (χ0n) is 14.6. The second kappa shape index (κ2) is 6.33. The summed E-state index contributed by atoms with van der Waals surface area (Å²) in [7, 11) is 0. The number of aromatic nitrogens is 5. The predicted octanol–water partition coefficient (Wildman–Crippen LogP) is 4.04. The Balaban J connectivity index is 1.63. The second-order valence-corrected chi connectivity index (χ2v) is 7.07. The Labute approximate surface area is 154 Å². The minimum atomic E-state index is -0.869. The first-order valence-electron chi connectivity index (χ1n) is 9.07. The molecule has 0 atom stereocenters. The molecule has 1 aliphatic carbocycles. The van der Waals surface area contributed by atoms with Crippen LogP contribution < -0.4 is 0 Å². The number of hydrogen-bond donors (Lipinski definition) is 0. The van der Waals surface area contributed by atoms with Crippen LogP contribution in [-0.4, -0.2) is 24.5 Å². The van der Waals surface area contributed by atoms with Gasteiger partial charge in [0.05, 0.1) is 6.54 Å². The summed E-state index contributed by atoms with van der Waals surface area (Å²) in [6, 6.07) is 2.75. The first-order valence-corrected chi connectivity index (χ1v) is 9.07. The molecule has 4 aromatic rings. The van der Waals surface area contributed by atoms with E-state index in [9.17, 15) is 8.78 Å². The molecule has 1 saturated carbocycles. The molecule has 5 nitrogen and oxygen atoms in total. The molecular formula is C20H17F2N5. The molecule has 3 heterocycles. The van der Waals surface area contributed by atoms with Gasteiger partial charge in [0.1, 0.15) is 5.82 Å². The first kappa shape index (κ1) is 16.2. The third-order valence-electron chi connectivity index (χ3n) is 5.40. The fourth-order valence-electron chi connectivity index (χ4n) is 3.71. The van der Waals surface area contributed by atoms with E-state index < -0.39 is 11.6 Å². The lowest BCUT2D eigenvalue weighted by molar-refractivity contribution is 0.307. The van der Waals surface area contributed by atoms with Crippen LogP contribution in [0.1, 0.15) is 30.7 Å². The Morgan fingerprint density at radius 2 is 1.89 bits per heavy atom. The van der Waals surface area contributed by atoms with Crippen molar-refractivity contribution in [3.63, 3.8) is 0 Å². The number of nitrogens with zero attached hydrogens (tertiary/aromatic N) is 5. The van der Waals surface area contributed by atoms with E-state index in [0.29, 0.717) is 29.1 Å². The number of rotatable bonds is 4. The van der Waals surface area contributed by atoms with Gasteiger partial charge in [-0.15, -0.1) is 0 Å². The highest BCUT2D eigenvalue weighted by Gasteiger charge is 2.23.